The van der Waals surface area contributed by atoms with Crippen LogP contribution in [0.25, 0.3) is 21.8 Å². The fraction of sp³-hybridized carbons (Fsp3) is 0.0455. The van der Waals surface area contributed by atoms with Crippen molar-refractivity contribution in [3.8, 4) is 0 Å². The molecule has 0 saturated heterocycles. The lowest BCUT2D eigenvalue weighted by atomic mass is 10.1. The number of carbonyl (C=O) groups excluding carboxylic acids is 1. The van der Waals surface area contributed by atoms with Gasteiger partial charge in [0.1, 0.15) is 0 Å². The number of pyridine rings is 1. The Bertz CT molecular complexity index is 1240. The Morgan fingerprint density at radius 3 is 2.41 bits per heavy atom. The molecule has 5 heteroatoms. The van der Waals surface area contributed by atoms with Gasteiger partial charge >= 0.3 is 0 Å². The maximum atomic E-state index is 12.7. The number of para-hydroxylation sites is 2. The van der Waals surface area contributed by atoms with Crippen molar-refractivity contribution in [1.82, 2.24) is 10.4 Å². The SMILES string of the molecule is C/C(=N\NC(=O)c1cccc2c(=O)c3ccccc3[nH]c12)c1ccccc1. The number of hydrogen-bond acceptors (Lipinski definition) is 3. The summed E-state index contributed by atoms with van der Waals surface area (Å²) in [5, 5.41) is 5.26. The summed E-state index contributed by atoms with van der Waals surface area (Å²) in [5.41, 5.74) is 5.68. The first-order valence-electron chi connectivity index (χ1n) is 8.59. The number of aromatic amines is 1. The Morgan fingerprint density at radius 2 is 1.59 bits per heavy atom. The average Bonchev–Trinajstić information content (AvgIpc) is 2.72. The fourth-order valence-electron chi connectivity index (χ4n) is 3.07. The van der Waals surface area contributed by atoms with Crippen molar-refractivity contribution in [3.05, 3.63) is 94.1 Å². The van der Waals surface area contributed by atoms with Crippen molar-refractivity contribution in [2.24, 2.45) is 5.10 Å². The van der Waals surface area contributed by atoms with E-state index in [9.17, 15) is 9.59 Å². The Hall–Kier alpha value is -3.73. The first-order valence-corrected chi connectivity index (χ1v) is 8.59. The number of nitrogens with zero attached hydrogens (tertiary/aromatic N) is 1. The largest absolute Gasteiger partial charge is 0.354 e. The monoisotopic (exact) mass is 355 g/mol. The molecule has 0 radical (unpaired) electrons. The molecule has 0 aliphatic carbocycles. The van der Waals surface area contributed by atoms with Gasteiger partial charge in [-0.05, 0) is 36.8 Å². The minimum absolute atomic E-state index is 0.0991. The number of rotatable bonds is 3. The van der Waals surface area contributed by atoms with Crippen molar-refractivity contribution in [3.63, 3.8) is 0 Å². The molecule has 3 aromatic carbocycles. The van der Waals surface area contributed by atoms with E-state index in [0.717, 1.165) is 5.56 Å². The van der Waals surface area contributed by atoms with Gasteiger partial charge in [0.05, 0.1) is 16.8 Å². The number of benzene rings is 3. The third kappa shape index (κ3) is 3.11. The van der Waals surface area contributed by atoms with Gasteiger partial charge in [0, 0.05) is 16.3 Å². The highest BCUT2D eigenvalue weighted by atomic mass is 16.2. The van der Waals surface area contributed by atoms with Crippen LogP contribution in [0.5, 0.6) is 0 Å². The van der Waals surface area contributed by atoms with Crippen molar-refractivity contribution < 1.29 is 4.79 Å². The molecular weight excluding hydrogens is 338 g/mol. The summed E-state index contributed by atoms with van der Waals surface area (Å²) in [7, 11) is 0. The molecule has 4 aromatic rings. The van der Waals surface area contributed by atoms with Gasteiger partial charge in [0.2, 0.25) is 0 Å². The molecule has 4 rings (SSSR count). The zero-order valence-electron chi connectivity index (χ0n) is 14.7. The van der Waals surface area contributed by atoms with E-state index < -0.39 is 0 Å². The molecule has 2 N–H and O–H groups in total. The predicted molar refractivity (Wildman–Crippen MR) is 108 cm³/mol. The van der Waals surface area contributed by atoms with Gasteiger partial charge < -0.3 is 4.98 Å². The topological polar surface area (TPSA) is 74.3 Å². The number of hydrazone groups is 1. The Morgan fingerprint density at radius 1 is 0.889 bits per heavy atom. The molecule has 0 saturated carbocycles. The predicted octanol–water partition coefficient (Wildman–Crippen LogP) is 3.84. The van der Waals surface area contributed by atoms with Crippen molar-refractivity contribution in [2.45, 2.75) is 6.92 Å². The summed E-state index contributed by atoms with van der Waals surface area (Å²) >= 11 is 0. The van der Waals surface area contributed by atoms with Gasteiger partial charge in [-0.15, -0.1) is 0 Å². The maximum Gasteiger partial charge on any atom is 0.273 e. The van der Waals surface area contributed by atoms with Crippen LogP contribution in [0.3, 0.4) is 0 Å². The first kappa shape index (κ1) is 16.7. The fourth-order valence-corrected chi connectivity index (χ4v) is 3.07. The Kier molecular flexibility index (Phi) is 4.26. The molecule has 0 fully saturated rings. The van der Waals surface area contributed by atoms with Gasteiger partial charge in [0.25, 0.3) is 5.91 Å². The minimum atomic E-state index is -0.373. The summed E-state index contributed by atoms with van der Waals surface area (Å²) in [6.45, 7) is 1.83. The van der Waals surface area contributed by atoms with E-state index in [2.05, 4.69) is 15.5 Å². The van der Waals surface area contributed by atoms with Crippen LogP contribution in [0.15, 0.2) is 82.7 Å². The lowest BCUT2D eigenvalue weighted by Gasteiger charge is -2.08. The zero-order chi connectivity index (χ0) is 18.8. The van der Waals surface area contributed by atoms with E-state index in [1.807, 2.05) is 55.5 Å². The summed E-state index contributed by atoms with van der Waals surface area (Å²) in [4.78, 5) is 28.6. The van der Waals surface area contributed by atoms with Crippen LogP contribution >= 0.6 is 0 Å². The van der Waals surface area contributed by atoms with Gasteiger partial charge in [-0.3, -0.25) is 9.59 Å². The van der Waals surface area contributed by atoms with Gasteiger partial charge in [-0.1, -0.05) is 48.5 Å². The minimum Gasteiger partial charge on any atom is -0.354 e. The summed E-state index contributed by atoms with van der Waals surface area (Å²) in [5.74, 6) is -0.373. The molecule has 0 unspecified atom stereocenters. The second-order valence-electron chi connectivity index (χ2n) is 6.23. The summed E-state index contributed by atoms with van der Waals surface area (Å²) in [6, 6.07) is 22.0. The number of hydrogen-bond donors (Lipinski definition) is 2. The van der Waals surface area contributed by atoms with Crippen LogP contribution in [0.4, 0.5) is 0 Å². The highest BCUT2D eigenvalue weighted by Crippen LogP contribution is 2.18. The number of carbonyl (C=O) groups is 1. The first-order chi connectivity index (χ1) is 13.1. The van der Waals surface area contributed by atoms with Crippen molar-refractivity contribution in [1.29, 1.82) is 0 Å². The highest BCUT2D eigenvalue weighted by Gasteiger charge is 2.13. The molecule has 1 heterocycles. The van der Waals surface area contributed by atoms with Crippen LogP contribution in [0, 0.1) is 0 Å². The second-order valence-corrected chi connectivity index (χ2v) is 6.23. The molecule has 27 heavy (non-hydrogen) atoms. The normalized spacial score (nSPS) is 11.7. The number of H-pyrrole nitrogens is 1. The van der Waals surface area contributed by atoms with Crippen LogP contribution in [0.2, 0.25) is 0 Å². The van der Waals surface area contributed by atoms with Crippen LogP contribution in [-0.2, 0) is 0 Å². The molecular formula is C22H17N3O2. The van der Waals surface area contributed by atoms with Crippen molar-refractivity contribution in [2.75, 3.05) is 0 Å². The molecule has 0 aliphatic rings. The molecule has 5 nitrogen and oxygen atoms in total. The molecule has 0 spiro atoms. The summed E-state index contributed by atoms with van der Waals surface area (Å²) < 4.78 is 0. The van der Waals surface area contributed by atoms with Crippen LogP contribution in [0.1, 0.15) is 22.8 Å². The van der Waals surface area contributed by atoms with Crippen molar-refractivity contribution >= 4 is 33.4 Å². The number of nitrogens with one attached hydrogen (secondary N) is 2. The number of fused-ring (bicyclic) bond motifs is 2. The Balaban J connectivity index is 1.75. The van der Waals surface area contributed by atoms with Crippen LogP contribution < -0.4 is 10.9 Å². The standard InChI is InChI=1S/C22H17N3O2/c1-14(15-8-3-2-4-9-15)24-25-22(27)18-12-7-11-17-20(18)23-19-13-6-5-10-16(19)21(17)26/h2-13H,1H3,(H,23,26)(H,25,27)/b24-14+. The molecule has 0 atom stereocenters. The van der Waals surface area contributed by atoms with Crippen LogP contribution in [-0.4, -0.2) is 16.6 Å². The molecule has 1 aromatic heterocycles. The molecule has 1 amide bonds. The van der Waals surface area contributed by atoms with E-state index in [0.29, 0.717) is 33.1 Å². The maximum absolute atomic E-state index is 12.7. The zero-order valence-corrected chi connectivity index (χ0v) is 14.7. The summed E-state index contributed by atoms with van der Waals surface area (Å²) in [6.07, 6.45) is 0. The molecule has 0 aliphatic heterocycles. The molecule has 132 valence electrons. The number of amides is 1. The highest BCUT2D eigenvalue weighted by molar-refractivity contribution is 6.08. The smallest absolute Gasteiger partial charge is 0.273 e. The van der Waals surface area contributed by atoms with E-state index in [1.54, 1.807) is 24.3 Å². The quantitative estimate of drug-likeness (QED) is 0.333. The number of aromatic nitrogens is 1. The lowest BCUT2D eigenvalue weighted by molar-refractivity contribution is 0.0956. The Labute approximate surface area is 155 Å². The van der Waals surface area contributed by atoms with Gasteiger partial charge in [0.15, 0.2) is 5.43 Å². The van der Waals surface area contributed by atoms with E-state index in [4.69, 9.17) is 0 Å². The third-order valence-corrected chi connectivity index (χ3v) is 4.50. The lowest BCUT2D eigenvalue weighted by Crippen LogP contribution is -2.20. The molecule has 0 bridgehead atoms. The average molecular weight is 355 g/mol. The second kappa shape index (κ2) is 6.88. The van der Waals surface area contributed by atoms with E-state index in [1.165, 1.54) is 0 Å². The van der Waals surface area contributed by atoms with E-state index in [-0.39, 0.29) is 11.3 Å². The van der Waals surface area contributed by atoms with Gasteiger partial charge in [-0.2, -0.15) is 5.10 Å². The van der Waals surface area contributed by atoms with Gasteiger partial charge in [-0.25, -0.2) is 5.43 Å². The third-order valence-electron chi connectivity index (χ3n) is 4.50. The van der Waals surface area contributed by atoms with E-state index >= 15 is 0 Å².